The zero-order chi connectivity index (χ0) is 14.5. The van der Waals surface area contributed by atoms with Crippen LogP contribution in [0.15, 0.2) is 30.3 Å². The maximum absolute atomic E-state index is 11.8. The van der Waals surface area contributed by atoms with Gasteiger partial charge in [-0.25, -0.2) is 0 Å². The molecule has 0 aromatic heterocycles. The van der Waals surface area contributed by atoms with Crippen LogP contribution in [0, 0.1) is 11.8 Å². The predicted octanol–water partition coefficient (Wildman–Crippen LogP) is 1.96. The van der Waals surface area contributed by atoms with Crippen molar-refractivity contribution in [3.63, 3.8) is 0 Å². The second-order valence-electron chi connectivity index (χ2n) is 5.25. The summed E-state index contributed by atoms with van der Waals surface area (Å²) in [5.74, 6) is -2.00. The number of rotatable bonds is 5. The van der Waals surface area contributed by atoms with Gasteiger partial charge in [-0.15, -0.1) is 0 Å². The van der Waals surface area contributed by atoms with E-state index in [9.17, 15) is 14.4 Å². The first-order valence-electron chi connectivity index (χ1n) is 6.75. The minimum absolute atomic E-state index is 0.102. The van der Waals surface area contributed by atoms with E-state index in [-0.39, 0.29) is 36.1 Å². The Morgan fingerprint density at radius 3 is 2.30 bits per heavy atom. The molecule has 106 valence electrons. The van der Waals surface area contributed by atoms with Gasteiger partial charge in [-0.3, -0.25) is 14.4 Å². The Morgan fingerprint density at radius 1 is 1.15 bits per heavy atom. The summed E-state index contributed by atoms with van der Waals surface area (Å²) in [6, 6.07) is 9.73. The second-order valence-corrected chi connectivity index (χ2v) is 5.25. The summed E-state index contributed by atoms with van der Waals surface area (Å²) in [6.45, 7) is 2.14. The van der Waals surface area contributed by atoms with Gasteiger partial charge in [-0.1, -0.05) is 30.3 Å². The molecule has 0 aliphatic heterocycles. The standard InChI is InChI=1S/C16H18O4/c1-11(17)16-14(18)7-13(8-15(16)19)10-20-9-12-5-3-2-4-6-12/h2-6,13,16H,7-10H2,1H3. The number of hydrogen-bond donors (Lipinski definition) is 0. The van der Waals surface area contributed by atoms with E-state index in [1.807, 2.05) is 30.3 Å². The molecule has 1 aromatic carbocycles. The monoisotopic (exact) mass is 274 g/mol. The third kappa shape index (κ3) is 3.61. The maximum atomic E-state index is 11.8. The molecule has 0 unspecified atom stereocenters. The van der Waals surface area contributed by atoms with E-state index in [0.29, 0.717) is 13.2 Å². The van der Waals surface area contributed by atoms with Crippen molar-refractivity contribution >= 4 is 17.3 Å². The van der Waals surface area contributed by atoms with E-state index in [4.69, 9.17) is 4.74 Å². The SMILES string of the molecule is CC(=O)C1C(=O)CC(COCc2ccccc2)CC1=O. The van der Waals surface area contributed by atoms with E-state index >= 15 is 0 Å². The first kappa shape index (κ1) is 14.6. The van der Waals surface area contributed by atoms with E-state index in [2.05, 4.69) is 0 Å². The molecule has 0 atom stereocenters. The highest BCUT2D eigenvalue weighted by molar-refractivity contribution is 6.20. The third-order valence-corrected chi connectivity index (χ3v) is 3.50. The predicted molar refractivity (Wildman–Crippen MR) is 73.0 cm³/mol. The molecule has 0 heterocycles. The molecule has 1 fully saturated rings. The van der Waals surface area contributed by atoms with Gasteiger partial charge < -0.3 is 4.74 Å². The molecule has 1 aromatic rings. The van der Waals surface area contributed by atoms with Crippen LogP contribution in [-0.2, 0) is 25.7 Å². The molecule has 0 radical (unpaired) electrons. The van der Waals surface area contributed by atoms with E-state index in [1.165, 1.54) is 6.92 Å². The van der Waals surface area contributed by atoms with Crippen LogP contribution in [0.2, 0.25) is 0 Å². The summed E-state index contributed by atoms with van der Waals surface area (Å²) in [5, 5.41) is 0. The van der Waals surface area contributed by atoms with Crippen molar-refractivity contribution in [3.8, 4) is 0 Å². The second kappa shape index (κ2) is 6.57. The quantitative estimate of drug-likeness (QED) is 0.770. The first-order chi connectivity index (χ1) is 9.58. The molecule has 20 heavy (non-hydrogen) atoms. The molecule has 1 saturated carbocycles. The van der Waals surface area contributed by atoms with Gasteiger partial charge in [0.05, 0.1) is 13.2 Å². The average Bonchev–Trinajstić information content (AvgIpc) is 2.38. The van der Waals surface area contributed by atoms with Crippen LogP contribution >= 0.6 is 0 Å². The lowest BCUT2D eigenvalue weighted by Gasteiger charge is -2.24. The van der Waals surface area contributed by atoms with E-state index in [0.717, 1.165) is 5.56 Å². The van der Waals surface area contributed by atoms with Crippen molar-refractivity contribution in [3.05, 3.63) is 35.9 Å². The number of ketones is 3. The number of Topliss-reactive ketones (excluding diaryl/α,β-unsaturated/α-hetero) is 3. The van der Waals surface area contributed by atoms with Crippen molar-refractivity contribution in [2.45, 2.75) is 26.4 Å². The van der Waals surface area contributed by atoms with Crippen LogP contribution in [-0.4, -0.2) is 24.0 Å². The molecule has 0 amide bonds. The Hall–Kier alpha value is -1.81. The van der Waals surface area contributed by atoms with Gasteiger partial charge in [-0.05, 0) is 18.4 Å². The van der Waals surface area contributed by atoms with Crippen LogP contribution in [0.5, 0.6) is 0 Å². The molecule has 0 N–H and O–H groups in total. The maximum Gasteiger partial charge on any atom is 0.151 e. The molecule has 4 nitrogen and oxygen atoms in total. The molecule has 4 heteroatoms. The molecule has 0 spiro atoms. The fourth-order valence-corrected chi connectivity index (χ4v) is 2.55. The Kier molecular flexibility index (Phi) is 4.79. The summed E-state index contributed by atoms with van der Waals surface area (Å²) in [6.07, 6.45) is 0.509. The molecular weight excluding hydrogens is 256 g/mol. The van der Waals surface area contributed by atoms with Crippen molar-refractivity contribution in [2.24, 2.45) is 11.8 Å². The molecular formula is C16H18O4. The van der Waals surface area contributed by atoms with Crippen LogP contribution in [0.25, 0.3) is 0 Å². The topological polar surface area (TPSA) is 60.4 Å². The van der Waals surface area contributed by atoms with Crippen molar-refractivity contribution in [2.75, 3.05) is 6.61 Å². The van der Waals surface area contributed by atoms with Crippen LogP contribution in [0.3, 0.4) is 0 Å². The van der Waals surface area contributed by atoms with Crippen LogP contribution in [0.1, 0.15) is 25.3 Å². The zero-order valence-corrected chi connectivity index (χ0v) is 11.5. The van der Waals surface area contributed by atoms with E-state index < -0.39 is 5.92 Å². The fraction of sp³-hybridized carbons (Fsp3) is 0.438. The average molecular weight is 274 g/mol. The molecule has 0 saturated heterocycles. The summed E-state index contributed by atoms with van der Waals surface area (Å²) in [5.41, 5.74) is 1.06. The Bertz CT molecular complexity index is 488. The summed E-state index contributed by atoms with van der Waals surface area (Å²) >= 11 is 0. The molecule has 1 aliphatic carbocycles. The van der Waals surface area contributed by atoms with Crippen molar-refractivity contribution in [1.29, 1.82) is 0 Å². The van der Waals surface area contributed by atoms with Crippen molar-refractivity contribution < 1.29 is 19.1 Å². The number of benzene rings is 1. The summed E-state index contributed by atoms with van der Waals surface area (Å²) in [4.78, 5) is 34.8. The largest absolute Gasteiger partial charge is 0.376 e. The lowest BCUT2D eigenvalue weighted by Crippen LogP contribution is -2.38. The minimum atomic E-state index is -1.03. The normalized spacial score (nSPS) is 22.9. The van der Waals surface area contributed by atoms with Crippen LogP contribution in [0.4, 0.5) is 0 Å². The highest BCUT2D eigenvalue weighted by Crippen LogP contribution is 2.24. The Balaban J connectivity index is 1.82. The molecule has 1 aliphatic rings. The Morgan fingerprint density at radius 2 is 1.75 bits per heavy atom. The van der Waals surface area contributed by atoms with Crippen LogP contribution < -0.4 is 0 Å². The van der Waals surface area contributed by atoms with E-state index in [1.54, 1.807) is 0 Å². The van der Waals surface area contributed by atoms with Gasteiger partial charge in [0.1, 0.15) is 11.7 Å². The highest BCUT2D eigenvalue weighted by Gasteiger charge is 2.38. The zero-order valence-electron chi connectivity index (χ0n) is 11.5. The lowest BCUT2D eigenvalue weighted by atomic mass is 9.78. The fourth-order valence-electron chi connectivity index (χ4n) is 2.55. The first-order valence-corrected chi connectivity index (χ1v) is 6.75. The number of carbonyl (C=O) groups is 3. The summed E-state index contributed by atoms with van der Waals surface area (Å²) in [7, 11) is 0. The summed E-state index contributed by atoms with van der Waals surface area (Å²) < 4.78 is 5.56. The number of carbonyl (C=O) groups excluding carboxylic acids is 3. The smallest absolute Gasteiger partial charge is 0.151 e. The van der Waals surface area contributed by atoms with Gasteiger partial charge in [-0.2, -0.15) is 0 Å². The van der Waals surface area contributed by atoms with Crippen molar-refractivity contribution in [1.82, 2.24) is 0 Å². The lowest BCUT2D eigenvalue weighted by molar-refractivity contribution is -0.143. The van der Waals surface area contributed by atoms with Gasteiger partial charge in [0.25, 0.3) is 0 Å². The third-order valence-electron chi connectivity index (χ3n) is 3.50. The van der Waals surface area contributed by atoms with Gasteiger partial charge in [0, 0.05) is 12.8 Å². The van der Waals surface area contributed by atoms with Gasteiger partial charge in [0.2, 0.25) is 0 Å². The van der Waals surface area contributed by atoms with Gasteiger partial charge in [0.15, 0.2) is 11.6 Å². The number of ether oxygens (including phenoxy) is 1. The number of hydrogen-bond acceptors (Lipinski definition) is 4. The minimum Gasteiger partial charge on any atom is -0.376 e. The van der Waals surface area contributed by atoms with Gasteiger partial charge >= 0.3 is 0 Å². The molecule has 2 rings (SSSR count). The highest BCUT2D eigenvalue weighted by atomic mass is 16.5. The Labute approximate surface area is 118 Å². The molecule has 0 bridgehead atoms.